The molecule has 3 rings (SSSR count). The molecule has 2 aromatic rings. The molecule has 4 nitrogen and oxygen atoms in total. The Hall–Kier alpha value is -2.32. The first kappa shape index (κ1) is 15.6. The lowest BCUT2D eigenvalue weighted by molar-refractivity contribution is 0.193. The molecule has 0 radical (unpaired) electrons. The molecular formula is C18H16BrN3O. The van der Waals surface area contributed by atoms with Crippen LogP contribution in [0.25, 0.3) is 0 Å². The zero-order valence-corrected chi connectivity index (χ0v) is 14.2. The van der Waals surface area contributed by atoms with Crippen molar-refractivity contribution in [3.8, 4) is 11.8 Å². The van der Waals surface area contributed by atoms with E-state index >= 15 is 0 Å². The van der Waals surface area contributed by atoms with Crippen molar-refractivity contribution in [1.82, 2.24) is 5.01 Å². The number of aromatic hydroxyl groups is 1. The molecule has 5 heteroatoms. The van der Waals surface area contributed by atoms with Gasteiger partial charge in [-0.1, -0.05) is 46.3 Å². The van der Waals surface area contributed by atoms with E-state index in [2.05, 4.69) is 27.1 Å². The van der Waals surface area contributed by atoms with Crippen LogP contribution in [0.2, 0.25) is 0 Å². The monoisotopic (exact) mass is 369 g/mol. The molecule has 0 fully saturated rings. The first-order valence-corrected chi connectivity index (χ1v) is 8.15. The Morgan fingerprint density at radius 3 is 2.74 bits per heavy atom. The van der Waals surface area contributed by atoms with Gasteiger partial charge in [0.1, 0.15) is 5.75 Å². The van der Waals surface area contributed by atoms with Crippen LogP contribution in [0, 0.1) is 11.3 Å². The number of hydrazone groups is 1. The second-order valence-corrected chi connectivity index (χ2v) is 6.50. The van der Waals surface area contributed by atoms with Crippen LogP contribution in [0.3, 0.4) is 0 Å². The molecule has 0 amide bonds. The van der Waals surface area contributed by atoms with Crippen LogP contribution >= 0.6 is 15.9 Å². The summed E-state index contributed by atoms with van der Waals surface area (Å²) in [7, 11) is 0. The summed E-state index contributed by atoms with van der Waals surface area (Å²) in [4.78, 5) is 0. The number of rotatable bonds is 3. The van der Waals surface area contributed by atoms with E-state index in [0.29, 0.717) is 5.56 Å². The van der Waals surface area contributed by atoms with Crippen LogP contribution in [-0.2, 0) is 0 Å². The fraction of sp³-hybridized carbons (Fsp3) is 0.222. The maximum atomic E-state index is 10.2. The van der Waals surface area contributed by atoms with Gasteiger partial charge < -0.3 is 5.11 Å². The third kappa shape index (κ3) is 3.08. The van der Waals surface area contributed by atoms with E-state index < -0.39 is 6.04 Å². The van der Waals surface area contributed by atoms with E-state index in [0.717, 1.165) is 22.2 Å². The molecule has 2 aromatic carbocycles. The Kier molecular flexibility index (Phi) is 4.35. The fourth-order valence-electron chi connectivity index (χ4n) is 2.88. The molecule has 23 heavy (non-hydrogen) atoms. The van der Waals surface area contributed by atoms with Gasteiger partial charge in [0.15, 0.2) is 6.04 Å². The van der Waals surface area contributed by atoms with Crippen molar-refractivity contribution in [3.63, 3.8) is 0 Å². The van der Waals surface area contributed by atoms with Gasteiger partial charge in [-0.05, 0) is 30.7 Å². The zero-order valence-electron chi connectivity index (χ0n) is 12.6. The lowest BCUT2D eigenvalue weighted by Gasteiger charge is -2.28. The van der Waals surface area contributed by atoms with Crippen molar-refractivity contribution in [2.45, 2.75) is 25.4 Å². The van der Waals surface area contributed by atoms with Crippen LogP contribution in [0.5, 0.6) is 5.75 Å². The molecule has 1 aliphatic rings. The average Bonchev–Trinajstić information content (AvgIpc) is 2.94. The summed E-state index contributed by atoms with van der Waals surface area (Å²) in [5.74, 6) is 0.103. The molecule has 0 saturated carbocycles. The highest BCUT2D eigenvalue weighted by Crippen LogP contribution is 2.40. The zero-order chi connectivity index (χ0) is 16.4. The lowest BCUT2D eigenvalue weighted by Crippen LogP contribution is -2.24. The van der Waals surface area contributed by atoms with Crippen LogP contribution in [-0.4, -0.2) is 15.8 Å². The molecule has 0 unspecified atom stereocenters. The molecule has 116 valence electrons. The smallest absolute Gasteiger partial charge is 0.162 e. The minimum absolute atomic E-state index is 0.000711. The second-order valence-electron chi connectivity index (χ2n) is 5.58. The Balaban J connectivity index is 2.02. The maximum Gasteiger partial charge on any atom is 0.162 e. The summed E-state index contributed by atoms with van der Waals surface area (Å²) < 4.78 is 0.821. The number of nitrogens with zero attached hydrogens (tertiary/aromatic N) is 3. The minimum atomic E-state index is -0.643. The Morgan fingerprint density at radius 1 is 1.30 bits per heavy atom. The number of nitriles is 1. The summed E-state index contributed by atoms with van der Waals surface area (Å²) in [6, 6.07) is 16.8. The normalized spacial score (nSPS) is 18.4. The van der Waals surface area contributed by atoms with Crippen LogP contribution in [0.1, 0.15) is 36.6 Å². The molecule has 1 heterocycles. The largest absolute Gasteiger partial charge is 0.508 e. The Labute approximate surface area is 143 Å². The summed E-state index contributed by atoms with van der Waals surface area (Å²) in [6.45, 7) is 1.96. The number of halogens is 1. The first-order chi connectivity index (χ1) is 11.1. The third-order valence-corrected chi connectivity index (χ3v) is 4.44. The maximum absolute atomic E-state index is 10.2. The third-order valence-electron chi connectivity index (χ3n) is 3.95. The van der Waals surface area contributed by atoms with E-state index in [4.69, 9.17) is 0 Å². The van der Waals surface area contributed by atoms with Crippen LogP contribution in [0.4, 0.5) is 0 Å². The van der Waals surface area contributed by atoms with E-state index in [-0.39, 0.29) is 11.8 Å². The van der Waals surface area contributed by atoms with Crippen molar-refractivity contribution in [2.75, 3.05) is 0 Å². The predicted octanol–water partition coefficient (Wildman–Crippen LogP) is 4.54. The van der Waals surface area contributed by atoms with Gasteiger partial charge in [0, 0.05) is 22.2 Å². The summed E-state index contributed by atoms with van der Waals surface area (Å²) in [5, 5.41) is 26.3. The van der Waals surface area contributed by atoms with Gasteiger partial charge >= 0.3 is 0 Å². The first-order valence-electron chi connectivity index (χ1n) is 7.35. The Bertz CT molecular complexity index is 783. The standard InChI is InChI=1S/C18H16BrN3O/c1-12-9-16(13-5-3-2-4-6-13)22(21-12)17(11-20)15-10-14(19)7-8-18(15)23/h2-8,10,16-17,23H,9H2,1H3/t16-,17-/m1/s1. The summed E-state index contributed by atoms with van der Waals surface area (Å²) in [5.41, 5.74) is 2.65. The van der Waals surface area contributed by atoms with Crippen molar-refractivity contribution >= 4 is 21.6 Å². The lowest BCUT2D eigenvalue weighted by atomic mass is 9.99. The number of benzene rings is 2. The quantitative estimate of drug-likeness (QED) is 0.863. The van der Waals surface area contributed by atoms with Crippen LogP contribution < -0.4 is 0 Å². The van der Waals surface area contributed by atoms with Gasteiger partial charge in [-0.3, -0.25) is 5.01 Å². The fourth-order valence-corrected chi connectivity index (χ4v) is 3.26. The molecule has 1 N–H and O–H groups in total. The molecule has 0 aromatic heterocycles. The molecule has 0 spiro atoms. The topological polar surface area (TPSA) is 59.6 Å². The second kappa shape index (κ2) is 6.43. The van der Waals surface area contributed by atoms with Gasteiger partial charge in [0.25, 0.3) is 0 Å². The van der Waals surface area contributed by atoms with Gasteiger partial charge in [-0.15, -0.1) is 0 Å². The summed E-state index contributed by atoms with van der Waals surface area (Å²) >= 11 is 3.40. The molecular weight excluding hydrogens is 354 g/mol. The summed E-state index contributed by atoms with van der Waals surface area (Å²) in [6.07, 6.45) is 0.775. The molecule has 0 saturated heterocycles. The van der Waals surface area contributed by atoms with Gasteiger partial charge in [0.05, 0.1) is 12.1 Å². The van der Waals surface area contributed by atoms with Gasteiger partial charge in [-0.2, -0.15) is 10.4 Å². The highest BCUT2D eigenvalue weighted by Gasteiger charge is 2.33. The molecule has 2 atom stereocenters. The van der Waals surface area contributed by atoms with E-state index in [9.17, 15) is 10.4 Å². The Morgan fingerprint density at radius 2 is 2.04 bits per heavy atom. The highest BCUT2D eigenvalue weighted by molar-refractivity contribution is 9.10. The van der Waals surface area contributed by atoms with E-state index in [1.807, 2.05) is 37.3 Å². The molecule has 0 bridgehead atoms. The van der Waals surface area contributed by atoms with Gasteiger partial charge in [-0.25, -0.2) is 0 Å². The minimum Gasteiger partial charge on any atom is -0.508 e. The van der Waals surface area contributed by atoms with Crippen molar-refractivity contribution < 1.29 is 5.11 Å². The van der Waals surface area contributed by atoms with E-state index in [1.165, 1.54) is 0 Å². The molecule has 0 aliphatic carbocycles. The van der Waals surface area contributed by atoms with Crippen LogP contribution in [0.15, 0.2) is 58.1 Å². The number of hydrogen-bond donors (Lipinski definition) is 1. The molecule has 1 aliphatic heterocycles. The van der Waals surface area contributed by atoms with E-state index in [1.54, 1.807) is 23.2 Å². The predicted molar refractivity (Wildman–Crippen MR) is 92.9 cm³/mol. The SMILES string of the molecule is CC1=NN([C@H](C#N)c2cc(Br)ccc2O)[C@@H](c2ccccc2)C1. The van der Waals surface area contributed by atoms with Crippen molar-refractivity contribution in [1.29, 1.82) is 5.26 Å². The van der Waals surface area contributed by atoms with Crippen molar-refractivity contribution in [2.24, 2.45) is 5.10 Å². The average molecular weight is 370 g/mol. The van der Waals surface area contributed by atoms with Gasteiger partial charge in [0.2, 0.25) is 0 Å². The number of phenols is 1. The number of phenolic OH excluding ortho intramolecular Hbond substituents is 1. The number of hydrogen-bond acceptors (Lipinski definition) is 4. The highest BCUT2D eigenvalue weighted by atomic mass is 79.9. The van der Waals surface area contributed by atoms with Crippen molar-refractivity contribution in [3.05, 3.63) is 64.1 Å².